The second-order valence-electron chi connectivity index (χ2n) is 4.96. The number of hydrogen-bond acceptors (Lipinski definition) is 3. The molecule has 1 aliphatic rings. The van der Waals surface area contributed by atoms with Gasteiger partial charge in [-0.15, -0.1) is 0 Å². The minimum atomic E-state index is -4.40. The van der Waals surface area contributed by atoms with Gasteiger partial charge in [-0.3, -0.25) is 4.79 Å². The Morgan fingerprint density at radius 2 is 2.00 bits per heavy atom. The van der Waals surface area contributed by atoms with Crippen LogP contribution in [0.1, 0.15) is 24.0 Å². The van der Waals surface area contributed by atoms with Gasteiger partial charge in [0.1, 0.15) is 5.82 Å². The average Bonchev–Trinajstić information content (AvgIpc) is 2.37. The molecule has 4 nitrogen and oxygen atoms in total. The number of anilines is 1. The van der Waals surface area contributed by atoms with Gasteiger partial charge < -0.3 is 10.0 Å². The van der Waals surface area contributed by atoms with Crippen LogP contribution in [-0.4, -0.2) is 29.1 Å². The predicted octanol–water partition coefficient (Wildman–Crippen LogP) is 2.71. The summed E-state index contributed by atoms with van der Waals surface area (Å²) in [7, 11) is 0. The molecule has 0 unspecified atom stereocenters. The number of piperidine rings is 1. The molecule has 0 saturated carbocycles. The molecular weight excluding hydrogens is 273 g/mol. The second kappa shape index (κ2) is 5.30. The Hall–Kier alpha value is -1.79. The third-order valence-electron chi connectivity index (χ3n) is 3.52. The minimum absolute atomic E-state index is 0.374. The first-order valence-corrected chi connectivity index (χ1v) is 6.30. The number of aryl methyl sites for hydroxylation is 1. The van der Waals surface area contributed by atoms with E-state index in [2.05, 4.69) is 4.98 Å². The maximum atomic E-state index is 12.6. The quantitative estimate of drug-likeness (QED) is 0.909. The molecule has 0 bridgehead atoms. The van der Waals surface area contributed by atoms with E-state index in [9.17, 15) is 18.0 Å². The molecule has 1 N–H and O–H groups in total. The van der Waals surface area contributed by atoms with E-state index in [1.54, 1.807) is 6.92 Å². The van der Waals surface area contributed by atoms with Crippen molar-refractivity contribution in [1.29, 1.82) is 0 Å². The van der Waals surface area contributed by atoms with Gasteiger partial charge in [0.15, 0.2) is 0 Å². The van der Waals surface area contributed by atoms with E-state index in [1.807, 2.05) is 4.90 Å². The molecule has 20 heavy (non-hydrogen) atoms. The van der Waals surface area contributed by atoms with Gasteiger partial charge in [-0.05, 0) is 31.4 Å². The van der Waals surface area contributed by atoms with Crippen molar-refractivity contribution in [3.05, 3.63) is 23.4 Å². The lowest BCUT2D eigenvalue weighted by Crippen LogP contribution is -2.37. The van der Waals surface area contributed by atoms with Gasteiger partial charge >= 0.3 is 12.1 Å². The largest absolute Gasteiger partial charge is 0.481 e. The fourth-order valence-electron chi connectivity index (χ4n) is 2.39. The maximum Gasteiger partial charge on any atom is 0.417 e. The zero-order valence-electron chi connectivity index (χ0n) is 10.9. The van der Waals surface area contributed by atoms with Crippen LogP contribution in [0, 0.1) is 12.8 Å². The second-order valence-corrected chi connectivity index (χ2v) is 4.96. The van der Waals surface area contributed by atoms with Crippen molar-refractivity contribution in [3.63, 3.8) is 0 Å². The maximum absolute atomic E-state index is 12.6. The molecule has 0 aliphatic carbocycles. The molecule has 1 fully saturated rings. The number of carbonyl (C=O) groups is 1. The summed E-state index contributed by atoms with van der Waals surface area (Å²) in [6, 6.07) is 1.08. The Morgan fingerprint density at radius 1 is 1.40 bits per heavy atom. The molecular formula is C13H15F3N2O2. The number of aromatic nitrogens is 1. The number of rotatable bonds is 2. The normalized spacial score (nSPS) is 17.3. The zero-order chi connectivity index (χ0) is 14.9. The van der Waals surface area contributed by atoms with E-state index in [4.69, 9.17) is 5.11 Å². The molecule has 1 aliphatic heterocycles. The van der Waals surface area contributed by atoms with E-state index in [0.29, 0.717) is 37.3 Å². The van der Waals surface area contributed by atoms with Gasteiger partial charge in [-0.1, -0.05) is 0 Å². The van der Waals surface area contributed by atoms with Crippen molar-refractivity contribution in [3.8, 4) is 0 Å². The van der Waals surface area contributed by atoms with Crippen LogP contribution in [-0.2, 0) is 11.0 Å². The number of carboxylic acids is 1. The Balaban J connectivity index is 2.13. The van der Waals surface area contributed by atoms with Crippen LogP contribution in [0.15, 0.2) is 12.3 Å². The highest BCUT2D eigenvalue weighted by molar-refractivity contribution is 5.70. The molecule has 7 heteroatoms. The molecule has 1 aromatic heterocycles. The Bertz CT molecular complexity index is 509. The van der Waals surface area contributed by atoms with Crippen LogP contribution in [0.5, 0.6) is 0 Å². The first kappa shape index (κ1) is 14.6. The topological polar surface area (TPSA) is 53.4 Å². The number of alkyl halides is 3. The number of pyridine rings is 1. The smallest absolute Gasteiger partial charge is 0.417 e. The van der Waals surface area contributed by atoms with E-state index >= 15 is 0 Å². The lowest BCUT2D eigenvalue weighted by molar-refractivity contribution is -0.142. The SMILES string of the molecule is Cc1cc(C(F)(F)F)cnc1N1CCC(C(=O)O)CC1. The number of hydrogen-bond donors (Lipinski definition) is 1. The van der Waals surface area contributed by atoms with Crippen molar-refractivity contribution >= 4 is 11.8 Å². The number of aliphatic carboxylic acids is 1. The van der Waals surface area contributed by atoms with Crippen molar-refractivity contribution in [2.75, 3.05) is 18.0 Å². The third-order valence-corrected chi connectivity index (χ3v) is 3.52. The summed E-state index contributed by atoms with van der Waals surface area (Å²) in [6.07, 6.45) is -2.60. The van der Waals surface area contributed by atoms with Gasteiger partial charge in [0.2, 0.25) is 0 Å². The summed E-state index contributed by atoms with van der Waals surface area (Å²) in [5.74, 6) is -0.690. The van der Waals surface area contributed by atoms with Crippen LogP contribution in [0.2, 0.25) is 0 Å². The molecule has 0 radical (unpaired) electrons. The van der Waals surface area contributed by atoms with E-state index < -0.39 is 17.7 Å². The van der Waals surface area contributed by atoms with Gasteiger partial charge in [0, 0.05) is 19.3 Å². The van der Waals surface area contributed by atoms with E-state index in [1.165, 1.54) is 0 Å². The van der Waals surface area contributed by atoms with Gasteiger partial charge in [0.05, 0.1) is 11.5 Å². The van der Waals surface area contributed by atoms with Crippen molar-refractivity contribution in [2.24, 2.45) is 5.92 Å². The summed E-state index contributed by atoms with van der Waals surface area (Å²) in [5.41, 5.74) is -0.312. The van der Waals surface area contributed by atoms with Gasteiger partial charge in [0.25, 0.3) is 0 Å². The average molecular weight is 288 g/mol. The van der Waals surface area contributed by atoms with Crippen molar-refractivity contribution < 1.29 is 23.1 Å². The molecule has 1 saturated heterocycles. The molecule has 0 atom stereocenters. The first-order valence-electron chi connectivity index (χ1n) is 6.30. The lowest BCUT2D eigenvalue weighted by Gasteiger charge is -2.32. The first-order chi connectivity index (χ1) is 9.29. The molecule has 0 amide bonds. The minimum Gasteiger partial charge on any atom is -0.481 e. The number of carboxylic acid groups (broad SMARTS) is 1. The Morgan fingerprint density at radius 3 is 2.45 bits per heavy atom. The highest BCUT2D eigenvalue weighted by Gasteiger charge is 2.32. The van der Waals surface area contributed by atoms with Crippen LogP contribution < -0.4 is 4.90 Å². The third kappa shape index (κ3) is 3.02. The Labute approximate surface area is 114 Å². The molecule has 0 spiro atoms. The highest BCUT2D eigenvalue weighted by Crippen LogP contribution is 2.32. The predicted molar refractivity (Wildman–Crippen MR) is 66.5 cm³/mol. The molecule has 1 aromatic rings. The summed E-state index contributed by atoms with van der Waals surface area (Å²) in [4.78, 5) is 16.6. The molecule has 110 valence electrons. The van der Waals surface area contributed by atoms with Crippen molar-refractivity contribution in [2.45, 2.75) is 25.9 Å². The Kier molecular flexibility index (Phi) is 3.87. The van der Waals surface area contributed by atoms with E-state index in [-0.39, 0.29) is 5.92 Å². The zero-order valence-corrected chi connectivity index (χ0v) is 10.9. The fourth-order valence-corrected chi connectivity index (χ4v) is 2.39. The van der Waals surface area contributed by atoms with Crippen LogP contribution in [0.3, 0.4) is 0 Å². The lowest BCUT2D eigenvalue weighted by atomic mass is 9.97. The highest BCUT2D eigenvalue weighted by atomic mass is 19.4. The summed E-state index contributed by atoms with van der Waals surface area (Å²) in [6.45, 7) is 2.58. The number of nitrogens with zero attached hydrogens (tertiary/aromatic N) is 2. The summed E-state index contributed by atoms with van der Waals surface area (Å²) < 4.78 is 37.7. The summed E-state index contributed by atoms with van der Waals surface area (Å²) >= 11 is 0. The summed E-state index contributed by atoms with van der Waals surface area (Å²) in [5, 5.41) is 8.92. The molecule has 2 heterocycles. The number of halogens is 3. The molecule has 2 rings (SSSR count). The van der Waals surface area contributed by atoms with E-state index in [0.717, 1.165) is 12.3 Å². The van der Waals surface area contributed by atoms with Crippen molar-refractivity contribution in [1.82, 2.24) is 4.98 Å². The standard InChI is InChI=1S/C13H15F3N2O2/c1-8-6-10(13(14,15)16)7-17-11(8)18-4-2-9(3-5-18)12(19)20/h6-7,9H,2-5H2,1H3,(H,19,20). The monoisotopic (exact) mass is 288 g/mol. The van der Waals surface area contributed by atoms with Crippen LogP contribution in [0.4, 0.5) is 19.0 Å². The van der Waals surface area contributed by atoms with Gasteiger partial charge in [-0.2, -0.15) is 13.2 Å². The molecule has 0 aromatic carbocycles. The van der Waals surface area contributed by atoms with Crippen LogP contribution in [0.25, 0.3) is 0 Å². The van der Waals surface area contributed by atoms with Crippen LogP contribution >= 0.6 is 0 Å². The van der Waals surface area contributed by atoms with Gasteiger partial charge in [-0.25, -0.2) is 4.98 Å². The fraction of sp³-hybridized carbons (Fsp3) is 0.538.